The SMILES string of the molecule is COc1cnn(C)c1C(NN)c1cc(Cl)ccc1Cl. The minimum Gasteiger partial charge on any atom is -0.493 e. The third-order valence-electron chi connectivity index (χ3n) is 2.88. The van der Waals surface area contributed by atoms with Gasteiger partial charge in [0, 0.05) is 17.1 Å². The highest BCUT2D eigenvalue weighted by molar-refractivity contribution is 6.33. The first-order valence-corrected chi connectivity index (χ1v) is 6.31. The summed E-state index contributed by atoms with van der Waals surface area (Å²) in [6.45, 7) is 0. The highest BCUT2D eigenvalue weighted by Gasteiger charge is 2.23. The van der Waals surface area contributed by atoms with E-state index in [2.05, 4.69) is 10.5 Å². The van der Waals surface area contributed by atoms with Crippen LogP contribution in [0, 0.1) is 0 Å². The summed E-state index contributed by atoms with van der Waals surface area (Å²) >= 11 is 12.2. The van der Waals surface area contributed by atoms with Crippen molar-refractivity contribution in [2.24, 2.45) is 12.9 Å². The van der Waals surface area contributed by atoms with E-state index < -0.39 is 0 Å². The largest absolute Gasteiger partial charge is 0.493 e. The topological polar surface area (TPSA) is 65.1 Å². The standard InChI is InChI=1S/C12H14Cl2N4O/c1-18-12(10(19-2)6-16-18)11(17-15)8-5-7(13)3-4-9(8)14/h3-6,11,17H,15H2,1-2H3. The van der Waals surface area contributed by atoms with Gasteiger partial charge in [0.25, 0.3) is 0 Å². The van der Waals surface area contributed by atoms with Crippen molar-refractivity contribution in [1.82, 2.24) is 15.2 Å². The Balaban J connectivity index is 2.56. The normalized spacial score (nSPS) is 12.5. The first kappa shape index (κ1) is 14.1. The predicted molar refractivity (Wildman–Crippen MR) is 75.4 cm³/mol. The van der Waals surface area contributed by atoms with Crippen LogP contribution in [-0.4, -0.2) is 16.9 Å². The molecule has 1 aromatic heterocycles. The molecule has 5 nitrogen and oxygen atoms in total. The number of rotatable bonds is 4. The van der Waals surface area contributed by atoms with Crippen molar-refractivity contribution < 1.29 is 4.74 Å². The van der Waals surface area contributed by atoms with Gasteiger partial charge in [0.05, 0.1) is 19.3 Å². The number of hydrazine groups is 1. The van der Waals surface area contributed by atoms with Crippen molar-refractivity contribution in [2.45, 2.75) is 6.04 Å². The average Bonchev–Trinajstić information content (AvgIpc) is 2.76. The van der Waals surface area contributed by atoms with E-state index in [1.807, 2.05) is 0 Å². The molecule has 0 saturated carbocycles. The van der Waals surface area contributed by atoms with E-state index in [1.165, 1.54) is 0 Å². The molecule has 0 fully saturated rings. The minimum atomic E-state index is -0.367. The molecule has 7 heteroatoms. The van der Waals surface area contributed by atoms with Gasteiger partial charge >= 0.3 is 0 Å². The van der Waals surface area contributed by atoms with E-state index in [4.69, 9.17) is 33.8 Å². The minimum absolute atomic E-state index is 0.367. The molecule has 0 radical (unpaired) electrons. The highest BCUT2D eigenvalue weighted by atomic mass is 35.5. The average molecular weight is 301 g/mol. The first-order chi connectivity index (χ1) is 9.08. The van der Waals surface area contributed by atoms with Crippen LogP contribution in [0.15, 0.2) is 24.4 Å². The fraction of sp³-hybridized carbons (Fsp3) is 0.250. The number of nitrogens with one attached hydrogen (secondary N) is 1. The number of aromatic nitrogens is 2. The van der Waals surface area contributed by atoms with E-state index in [0.717, 1.165) is 11.3 Å². The Morgan fingerprint density at radius 2 is 2.16 bits per heavy atom. The van der Waals surface area contributed by atoms with Crippen LogP contribution in [0.1, 0.15) is 17.3 Å². The number of aryl methyl sites for hydroxylation is 1. The molecule has 1 heterocycles. The lowest BCUT2D eigenvalue weighted by molar-refractivity contribution is 0.401. The van der Waals surface area contributed by atoms with Crippen LogP contribution < -0.4 is 16.0 Å². The Hall–Kier alpha value is -1.27. The Morgan fingerprint density at radius 1 is 1.42 bits per heavy atom. The first-order valence-electron chi connectivity index (χ1n) is 5.55. The van der Waals surface area contributed by atoms with Crippen LogP contribution >= 0.6 is 23.2 Å². The molecule has 2 rings (SSSR count). The molecule has 1 atom stereocenters. The predicted octanol–water partition coefficient (Wildman–Crippen LogP) is 2.29. The lowest BCUT2D eigenvalue weighted by Gasteiger charge is -2.19. The maximum absolute atomic E-state index is 6.21. The molecule has 0 saturated heterocycles. The molecule has 1 aromatic carbocycles. The highest BCUT2D eigenvalue weighted by Crippen LogP contribution is 2.34. The summed E-state index contributed by atoms with van der Waals surface area (Å²) in [5.41, 5.74) is 4.26. The molecule has 0 aliphatic rings. The Kier molecular flexibility index (Phi) is 4.31. The van der Waals surface area contributed by atoms with Gasteiger partial charge in [0.15, 0.2) is 5.75 Å². The molecule has 0 spiro atoms. The second-order valence-corrected chi connectivity index (χ2v) is 4.83. The number of hydrogen-bond acceptors (Lipinski definition) is 4. The lowest BCUT2D eigenvalue weighted by Crippen LogP contribution is -2.31. The summed E-state index contributed by atoms with van der Waals surface area (Å²) in [4.78, 5) is 0. The zero-order chi connectivity index (χ0) is 14.0. The van der Waals surface area contributed by atoms with Crippen LogP contribution in [0.5, 0.6) is 5.75 Å². The van der Waals surface area contributed by atoms with Gasteiger partial charge in [-0.3, -0.25) is 10.5 Å². The van der Waals surface area contributed by atoms with E-state index >= 15 is 0 Å². The Bertz CT molecular complexity index is 585. The number of hydrogen-bond donors (Lipinski definition) is 2. The molecule has 0 amide bonds. The molecule has 3 N–H and O–H groups in total. The van der Waals surface area contributed by atoms with Crippen molar-refractivity contribution in [3.63, 3.8) is 0 Å². The summed E-state index contributed by atoms with van der Waals surface area (Å²) in [5, 5.41) is 5.30. The number of benzene rings is 1. The van der Waals surface area contributed by atoms with E-state index in [9.17, 15) is 0 Å². The van der Waals surface area contributed by atoms with Gasteiger partial charge in [0.2, 0.25) is 0 Å². The van der Waals surface area contributed by atoms with Crippen LogP contribution in [0.2, 0.25) is 10.0 Å². The second-order valence-electron chi connectivity index (χ2n) is 3.99. The zero-order valence-corrected chi connectivity index (χ0v) is 12.0. The monoisotopic (exact) mass is 300 g/mol. The van der Waals surface area contributed by atoms with Gasteiger partial charge < -0.3 is 4.74 Å². The molecular formula is C12H14Cl2N4O. The van der Waals surface area contributed by atoms with Gasteiger partial charge in [-0.2, -0.15) is 5.10 Å². The molecule has 0 aliphatic carbocycles. The van der Waals surface area contributed by atoms with Crippen molar-refractivity contribution >= 4 is 23.2 Å². The quantitative estimate of drug-likeness (QED) is 0.672. The van der Waals surface area contributed by atoms with Crippen molar-refractivity contribution in [3.8, 4) is 5.75 Å². The molecule has 0 aliphatic heterocycles. The summed E-state index contributed by atoms with van der Waals surface area (Å²) in [7, 11) is 3.38. The van der Waals surface area contributed by atoms with Crippen LogP contribution in [-0.2, 0) is 7.05 Å². The Labute approximate surface area is 121 Å². The molecule has 0 bridgehead atoms. The zero-order valence-electron chi connectivity index (χ0n) is 10.5. The molecule has 19 heavy (non-hydrogen) atoms. The number of halogens is 2. The van der Waals surface area contributed by atoms with Gasteiger partial charge in [-0.05, 0) is 23.8 Å². The summed E-state index contributed by atoms with van der Waals surface area (Å²) < 4.78 is 6.97. The fourth-order valence-corrected chi connectivity index (χ4v) is 2.37. The third kappa shape index (κ3) is 2.69. The van der Waals surface area contributed by atoms with Crippen LogP contribution in [0.25, 0.3) is 0 Å². The number of nitrogens with zero attached hydrogens (tertiary/aromatic N) is 2. The van der Waals surface area contributed by atoms with Gasteiger partial charge in [-0.25, -0.2) is 5.43 Å². The van der Waals surface area contributed by atoms with Crippen LogP contribution in [0.3, 0.4) is 0 Å². The molecule has 1 unspecified atom stereocenters. The lowest BCUT2D eigenvalue weighted by atomic mass is 10.0. The smallest absolute Gasteiger partial charge is 0.161 e. The van der Waals surface area contributed by atoms with E-state index in [1.54, 1.807) is 43.2 Å². The third-order valence-corrected chi connectivity index (χ3v) is 3.46. The van der Waals surface area contributed by atoms with E-state index in [0.29, 0.717) is 15.8 Å². The number of ether oxygens (including phenoxy) is 1. The maximum atomic E-state index is 6.21. The van der Waals surface area contributed by atoms with Crippen molar-refractivity contribution in [2.75, 3.05) is 7.11 Å². The molecular weight excluding hydrogens is 287 g/mol. The Morgan fingerprint density at radius 3 is 2.79 bits per heavy atom. The summed E-state index contributed by atoms with van der Waals surface area (Å²) in [5.74, 6) is 6.29. The van der Waals surface area contributed by atoms with Crippen molar-refractivity contribution in [3.05, 3.63) is 45.7 Å². The maximum Gasteiger partial charge on any atom is 0.161 e. The molecule has 102 valence electrons. The van der Waals surface area contributed by atoms with Crippen molar-refractivity contribution in [1.29, 1.82) is 0 Å². The number of nitrogens with two attached hydrogens (primary N) is 1. The summed E-state index contributed by atoms with van der Waals surface area (Å²) in [6, 6.07) is 4.85. The van der Waals surface area contributed by atoms with Gasteiger partial charge in [0.1, 0.15) is 5.69 Å². The molecule has 2 aromatic rings. The fourth-order valence-electron chi connectivity index (χ4n) is 1.97. The number of methoxy groups -OCH3 is 1. The van der Waals surface area contributed by atoms with Gasteiger partial charge in [-0.15, -0.1) is 0 Å². The van der Waals surface area contributed by atoms with Gasteiger partial charge in [-0.1, -0.05) is 23.2 Å². The van der Waals surface area contributed by atoms with Crippen LogP contribution in [0.4, 0.5) is 0 Å². The second kappa shape index (κ2) is 5.79. The van der Waals surface area contributed by atoms with E-state index in [-0.39, 0.29) is 6.04 Å². The summed E-state index contributed by atoms with van der Waals surface area (Å²) in [6.07, 6.45) is 1.62.